The second kappa shape index (κ2) is 9.20. The fourth-order valence-corrected chi connectivity index (χ4v) is 2.92. The number of aliphatic imine (C=N–C) groups is 1. The summed E-state index contributed by atoms with van der Waals surface area (Å²) in [5.74, 6) is 1.93. The minimum absolute atomic E-state index is 0. The molecule has 0 unspecified atom stereocenters. The third-order valence-electron chi connectivity index (χ3n) is 4.39. The van der Waals surface area contributed by atoms with Crippen LogP contribution >= 0.6 is 24.0 Å². The first-order chi connectivity index (χ1) is 10.6. The van der Waals surface area contributed by atoms with Gasteiger partial charge in [-0.2, -0.15) is 0 Å². The summed E-state index contributed by atoms with van der Waals surface area (Å²) >= 11 is 0. The van der Waals surface area contributed by atoms with E-state index in [1.807, 2.05) is 18.2 Å². The maximum absolute atomic E-state index is 5.97. The van der Waals surface area contributed by atoms with E-state index >= 15 is 0 Å². The Labute approximate surface area is 156 Å². The molecule has 1 saturated carbocycles. The molecule has 130 valence electrons. The van der Waals surface area contributed by atoms with Crippen LogP contribution in [0.4, 0.5) is 0 Å². The molecule has 0 radical (unpaired) electrons. The molecule has 0 saturated heterocycles. The van der Waals surface area contributed by atoms with Gasteiger partial charge < -0.3 is 20.5 Å². The van der Waals surface area contributed by atoms with E-state index in [4.69, 9.17) is 15.2 Å². The molecule has 1 fully saturated rings. The van der Waals surface area contributed by atoms with Crippen LogP contribution in [0.1, 0.15) is 38.2 Å². The van der Waals surface area contributed by atoms with Gasteiger partial charge in [-0.1, -0.05) is 25.8 Å². The number of guanidine groups is 1. The fourth-order valence-electron chi connectivity index (χ4n) is 2.92. The molecule has 1 aliphatic carbocycles. The van der Waals surface area contributed by atoms with Crippen LogP contribution in [-0.4, -0.2) is 26.7 Å². The number of halogens is 1. The lowest BCUT2D eigenvalue weighted by Crippen LogP contribution is -2.38. The molecule has 0 bridgehead atoms. The molecule has 23 heavy (non-hydrogen) atoms. The molecule has 1 aliphatic rings. The van der Waals surface area contributed by atoms with E-state index < -0.39 is 0 Å². The third kappa shape index (κ3) is 5.75. The van der Waals surface area contributed by atoms with Crippen molar-refractivity contribution in [3.05, 3.63) is 23.8 Å². The Balaban J connectivity index is 0.00000264. The highest BCUT2D eigenvalue weighted by Gasteiger charge is 2.28. The van der Waals surface area contributed by atoms with Crippen LogP contribution in [0.3, 0.4) is 0 Å². The molecule has 0 spiro atoms. The van der Waals surface area contributed by atoms with Gasteiger partial charge in [-0.25, -0.2) is 4.99 Å². The first kappa shape index (κ1) is 19.9. The average molecular weight is 433 g/mol. The summed E-state index contributed by atoms with van der Waals surface area (Å²) in [5, 5.41) is 3.26. The van der Waals surface area contributed by atoms with E-state index in [2.05, 4.69) is 17.2 Å². The zero-order valence-corrected chi connectivity index (χ0v) is 16.6. The fraction of sp³-hybridized carbons (Fsp3) is 0.588. The molecule has 0 amide bonds. The number of hydrogen-bond donors (Lipinski definition) is 2. The monoisotopic (exact) mass is 433 g/mol. The molecule has 0 aromatic heterocycles. The molecule has 0 heterocycles. The van der Waals surface area contributed by atoms with Gasteiger partial charge in [0.05, 0.1) is 20.8 Å². The number of nitrogens with zero attached hydrogens (tertiary/aromatic N) is 1. The second-order valence-corrected chi connectivity index (χ2v) is 6.26. The average Bonchev–Trinajstić information content (AvgIpc) is 2.97. The van der Waals surface area contributed by atoms with Crippen LogP contribution in [0.5, 0.6) is 11.5 Å². The molecule has 1 aromatic rings. The molecule has 0 aliphatic heterocycles. The molecule has 0 atom stereocenters. The van der Waals surface area contributed by atoms with Gasteiger partial charge in [-0.3, -0.25) is 0 Å². The van der Waals surface area contributed by atoms with E-state index in [1.165, 1.54) is 25.7 Å². The van der Waals surface area contributed by atoms with Gasteiger partial charge in [-0.05, 0) is 36.0 Å². The Hall–Kier alpha value is -1.18. The molecular weight excluding hydrogens is 405 g/mol. The summed E-state index contributed by atoms with van der Waals surface area (Å²) in [4.78, 5) is 4.40. The number of ether oxygens (including phenoxy) is 2. The van der Waals surface area contributed by atoms with E-state index in [9.17, 15) is 0 Å². The largest absolute Gasteiger partial charge is 0.493 e. The normalized spacial score (nSPS) is 16.6. The Kier molecular flexibility index (Phi) is 7.94. The maximum Gasteiger partial charge on any atom is 0.188 e. The third-order valence-corrected chi connectivity index (χ3v) is 4.39. The predicted octanol–water partition coefficient (Wildman–Crippen LogP) is 3.31. The standard InChI is InChI=1S/C17H27N3O2.HI/c1-17(8-4-5-9-17)12-20-16(18)19-11-13-6-7-14(21-2)15(10-13)22-3;/h6-7,10H,4-5,8-9,11-12H2,1-3H3,(H3,18,19,20);1H. The molecule has 3 N–H and O–H groups in total. The van der Waals surface area contributed by atoms with Gasteiger partial charge in [0.2, 0.25) is 0 Å². The number of hydrogen-bond acceptors (Lipinski definition) is 3. The van der Waals surface area contributed by atoms with Gasteiger partial charge in [0.15, 0.2) is 17.5 Å². The van der Waals surface area contributed by atoms with E-state index in [1.54, 1.807) is 14.2 Å². The number of rotatable bonds is 6. The van der Waals surface area contributed by atoms with Gasteiger partial charge in [0.25, 0.3) is 0 Å². The highest BCUT2D eigenvalue weighted by molar-refractivity contribution is 14.0. The van der Waals surface area contributed by atoms with Gasteiger partial charge >= 0.3 is 0 Å². The van der Waals surface area contributed by atoms with Crippen molar-refractivity contribution in [3.63, 3.8) is 0 Å². The smallest absolute Gasteiger partial charge is 0.188 e. The summed E-state index contributed by atoms with van der Waals surface area (Å²) in [7, 11) is 3.25. The van der Waals surface area contributed by atoms with Crippen molar-refractivity contribution in [1.29, 1.82) is 0 Å². The molecule has 1 aromatic carbocycles. The van der Waals surface area contributed by atoms with Crippen molar-refractivity contribution in [2.45, 2.75) is 39.2 Å². The predicted molar refractivity (Wildman–Crippen MR) is 105 cm³/mol. The van der Waals surface area contributed by atoms with Gasteiger partial charge in [-0.15, -0.1) is 24.0 Å². The van der Waals surface area contributed by atoms with Crippen LogP contribution in [-0.2, 0) is 6.54 Å². The van der Waals surface area contributed by atoms with Crippen molar-refractivity contribution in [1.82, 2.24) is 5.32 Å². The zero-order chi connectivity index (χ0) is 16.0. The number of nitrogens with one attached hydrogen (secondary N) is 1. The van der Waals surface area contributed by atoms with Crippen molar-refractivity contribution < 1.29 is 9.47 Å². The highest BCUT2D eigenvalue weighted by atomic mass is 127. The topological polar surface area (TPSA) is 68.9 Å². The van der Waals surface area contributed by atoms with Crippen molar-refractivity contribution in [2.24, 2.45) is 16.1 Å². The number of methoxy groups -OCH3 is 2. The summed E-state index contributed by atoms with van der Waals surface area (Å²) in [6.07, 6.45) is 5.17. The van der Waals surface area contributed by atoms with Gasteiger partial charge in [0, 0.05) is 6.54 Å². The lowest BCUT2D eigenvalue weighted by Gasteiger charge is -2.23. The quantitative estimate of drug-likeness (QED) is 0.411. The summed E-state index contributed by atoms with van der Waals surface area (Å²) in [6.45, 7) is 3.73. The molecule has 6 heteroatoms. The first-order valence-electron chi connectivity index (χ1n) is 7.81. The zero-order valence-electron chi connectivity index (χ0n) is 14.2. The van der Waals surface area contributed by atoms with E-state index in [0.29, 0.717) is 23.7 Å². The summed E-state index contributed by atoms with van der Waals surface area (Å²) < 4.78 is 10.5. The van der Waals surface area contributed by atoms with Crippen LogP contribution in [0.2, 0.25) is 0 Å². The summed E-state index contributed by atoms with van der Waals surface area (Å²) in [5.41, 5.74) is 7.37. The SMILES string of the molecule is COc1ccc(CN=C(N)NCC2(C)CCCC2)cc1OC.I. The lowest BCUT2D eigenvalue weighted by molar-refractivity contribution is 0.335. The van der Waals surface area contributed by atoms with Crippen LogP contribution < -0.4 is 20.5 Å². The second-order valence-electron chi connectivity index (χ2n) is 6.26. The lowest BCUT2D eigenvalue weighted by atomic mass is 9.89. The van der Waals surface area contributed by atoms with Crippen LogP contribution in [0.15, 0.2) is 23.2 Å². The summed E-state index contributed by atoms with van der Waals surface area (Å²) in [6, 6.07) is 5.77. The van der Waals surface area contributed by atoms with E-state index in [-0.39, 0.29) is 24.0 Å². The Morgan fingerprint density at radius 1 is 1.22 bits per heavy atom. The Morgan fingerprint density at radius 2 is 1.87 bits per heavy atom. The van der Waals surface area contributed by atoms with Gasteiger partial charge in [0.1, 0.15) is 0 Å². The Bertz CT molecular complexity index is 529. The minimum Gasteiger partial charge on any atom is -0.493 e. The van der Waals surface area contributed by atoms with Crippen molar-refractivity contribution in [2.75, 3.05) is 20.8 Å². The molecular formula is C17H28IN3O2. The molecule has 2 rings (SSSR count). The first-order valence-corrected chi connectivity index (χ1v) is 7.81. The number of benzene rings is 1. The maximum atomic E-state index is 5.97. The highest BCUT2D eigenvalue weighted by Crippen LogP contribution is 2.36. The van der Waals surface area contributed by atoms with E-state index in [0.717, 1.165) is 17.9 Å². The van der Waals surface area contributed by atoms with Crippen LogP contribution in [0.25, 0.3) is 0 Å². The van der Waals surface area contributed by atoms with Crippen molar-refractivity contribution >= 4 is 29.9 Å². The van der Waals surface area contributed by atoms with Crippen LogP contribution in [0, 0.1) is 5.41 Å². The van der Waals surface area contributed by atoms with Crippen molar-refractivity contribution in [3.8, 4) is 11.5 Å². The molecule has 5 nitrogen and oxygen atoms in total. The number of nitrogens with two attached hydrogens (primary N) is 1. The Morgan fingerprint density at radius 3 is 2.48 bits per heavy atom. The minimum atomic E-state index is 0.